The van der Waals surface area contributed by atoms with Crippen molar-refractivity contribution < 1.29 is 0 Å². The molecular weight excluding hydrogens is 244 g/mol. The Bertz CT molecular complexity index is 460. The van der Waals surface area contributed by atoms with Crippen LogP contribution in [0.1, 0.15) is 43.7 Å². The van der Waals surface area contributed by atoms with Gasteiger partial charge in [-0.3, -0.25) is 0 Å². The molecule has 2 aliphatic rings. The zero-order valence-electron chi connectivity index (χ0n) is 13.0. The van der Waals surface area contributed by atoms with Gasteiger partial charge in [0.2, 0.25) is 0 Å². The SMILES string of the molecule is CCC1(CN2CCCc3cc(C)ccc32)CCCNC1. The molecule has 1 N–H and O–H groups in total. The Morgan fingerprint density at radius 2 is 2.20 bits per heavy atom. The summed E-state index contributed by atoms with van der Waals surface area (Å²) in [7, 11) is 0. The van der Waals surface area contributed by atoms with E-state index in [4.69, 9.17) is 0 Å². The van der Waals surface area contributed by atoms with E-state index in [1.54, 1.807) is 5.56 Å². The van der Waals surface area contributed by atoms with E-state index in [1.807, 2.05) is 0 Å². The Hall–Kier alpha value is -1.02. The van der Waals surface area contributed by atoms with E-state index in [0.717, 1.165) is 0 Å². The van der Waals surface area contributed by atoms with E-state index in [-0.39, 0.29) is 0 Å². The molecule has 2 heteroatoms. The highest BCUT2D eigenvalue weighted by molar-refractivity contribution is 5.57. The highest BCUT2D eigenvalue weighted by Gasteiger charge is 2.33. The van der Waals surface area contributed by atoms with Crippen LogP contribution in [-0.2, 0) is 6.42 Å². The molecule has 20 heavy (non-hydrogen) atoms. The molecule has 0 radical (unpaired) electrons. The van der Waals surface area contributed by atoms with Gasteiger partial charge < -0.3 is 10.2 Å². The summed E-state index contributed by atoms with van der Waals surface area (Å²) in [6.45, 7) is 9.44. The van der Waals surface area contributed by atoms with Gasteiger partial charge in [0.15, 0.2) is 0 Å². The molecule has 0 bridgehead atoms. The number of anilines is 1. The van der Waals surface area contributed by atoms with Crippen LogP contribution in [0, 0.1) is 12.3 Å². The molecule has 1 aromatic rings. The molecule has 2 nitrogen and oxygen atoms in total. The zero-order chi connectivity index (χ0) is 14.0. The fourth-order valence-corrected chi connectivity index (χ4v) is 3.95. The molecule has 0 spiro atoms. The number of hydrogen-bond donors (Lipinski definition) is 1. The van der Waals surface area contributed by atoms with E-state index in [2.05, 4.69) is 42.3 Å². The molecule has 0 saturated carbocycles. The standard InChI is InChI=1S/C18H28N2/c1-3-18(9-5-10-19-13-18)14-20-11-4-6-16-12-15(2)7-8-17(16)20/h7-8,12,19H,3-6,9-11,13-14H2,1-2H3. The van der Waals surface area contributed by atoms with Crippen molar-refractivity contribution in [3.05, 3.63) is 29.3 Å². The first-order valence-electron chi connectivity index (χ1n) is 8.28. The van der Waals surface area contributed by atoms with Crippen LogP contribution in [0.4, 0.5) is 5.69 Å². The van der Waals surface area contributed by atoms with Crippen molar-refractivity contribution in [2.75, 3.05) is 31.1 Å². The van der Waals surface area contributed by atoms with Gasteiger partial charge in [0.05, 0.1) is 0 Å². The lowest BCUT2D eigenvalue weighted by Crippen LogP contribution is -2.48. The summed E-state index contributed by atoms with van der Waals surface area (Å²) in [6, 6.07) is 7.01. The Balaban J connectivity index is 1.81. The van der Waals surface area contributed by atoms with Crippen LogP contribution < -0.4 is 10.2 Å². The van der Waals surface area contributed by atoms with Crippen molar-refractivity contribution in [1.29, 1.82) is 0 Å². The Kier molecular flexibility index (Phi) is 4.02. The van der Waals surface area contributed by atoms with Crippen LogP contribution in [-0.4, -0.2) is 26.2 Å². The van der Waals surface area contributed by atoms with Gasteiger partial charge in [-0.1, -0.05) is 24.6 Å². The minimum absolute atomic E-state index is 0.484. The van der Waals surface area contributed by atoms with E-state index in [9.17, 15) is 0 Å². The van der Waals surface area contributed by atoms with Crippen molar-refractivity contribution in [1.82, 2.24) is 5.32 Å². The molecule has 110 valence electrons. The van der Waals surface area contributed by atoms with Gasteiger partial charge >= 0.3 is 0 Å². The highest BCUT2D eigenvalue weighted by Crippen LogP contribution is 2.35. The Labute approximate surface area is 123 Å². The molecule has 0 amide bonds. The molecule has 1 fully saturated rings. The van der Waals surface area contributed by atoms with Crippen LogP contribution in [0.2, 0.25) is 0 Å². The van der Waals surface area contributed by atoms with Crippen LogP contribution in [0.3, 0.4) is 0 Å². The molecule has 1 atom stereocenters. The van der Waals surface area contributed by atoms with Crippen LogP contribution >= 0.6 is 0 Å². The molecule has 1 aromatic carbocycles. The van der Waals surface area contributed by atoms with E-state index >= 15 is 0 Å². The largest absolute Gasteiger partial charge is 0.371 e. The fourth-order valence-electron chi connectivity index (χ4n) is 3.95. The van der Waals surface area contributed by atoms with Gasteiger partial charge in [-0.15, -0.1) is 0 Å². The lowest BCUT2D eigenvalue weighted by molar-refractivity contribution is 0.204. The van der Waals surface area contributed by atoms with Crippen LogP contribution in [0.5, 0.6) is 0 Å². The number of aryl methyl sites for hydroxylation is 2. The normalized spacial score (nSPS) is 26.4. The quantitative estimate of drug-likeness (QED) is 0.905. The number of benzene rings is 1. The number of piperidine rings is 1. The molecule has 1 unspecified atom stereocenters. The van der Waals surface area contributed by atoms with Crippen molar-refractivity contribution in [3.8, 4) is 0 Å². The number of nitrogens with zero attached hydrogens (tertiary/aromatic N) is 1. The van der Waals surface area contributed by atoms with Crippen LogP contribution in [0.25, 0.3) is 0 Å². The van der Waals surface area contributed by atoms with Gasteiger partial charge in [0.25, 0.3) is 0 Å². The molecular formula is C18H28N2. The first kappa shape index (κ1) is 13.9. The lowest BCUT2D eigenvalue weighted by Gasteiger charge is -2.43. The average molecular weight is 272 g/mol. The third-order valence-corrected chi connectivity index (χ3v) is 5.29. The Morgan fingerprint density at radius 3 is 2.95 bits per heavy atom. The third-order valence-electron chi connectivity index (χ3n) is 5.29. The summed E-state index contributed by atoms with van der Waals surface area (Å²) in [6.07, 6.45) is 6.57. The smallest absolute Gasteiger partial charge is 0.0399 e. The van der Waals surface area contributed by atoms with Crippen LogP contribution in [0.15, 0.2) is 18.2 Å². The molecule has 0 aromatic heterocycles. The predicted octanol–water partition coefficient (Wildman–Crippen LogP) is 3.53. The minimum Gasteiger partial charge on any atom is -0.371 e. The van der Waals surface area contributed by atoms with Crippen molar-refractivity contribution >= 4 is 5.69 Å². The average Bonchev–Trinajstić information content (AvgIpc) is 2.48. The maximum Gasteiger partial charge on any atom is 0.0399 e. The number of nitrogens with one attached hydrogen (secondary N) is 1. The second-order valence-corrected chi connectivity index (χ2v) is 6.79. The summed E-state index contributed by atoms with van der Waals surface area (Å²) in [5, 5.41) is 3.62. The van der Waals surface area contributed by atoms with Gasteiger partial charge in [-0.25, -0.2) is 0 Å². The maximum atomic E-state index is 3.62. The third kappa shape index (κ3) is 2.71. The minimum atomic E-state index is 0.484. The number of rotatable bonds is 3. The molecule has 2 heterocycles. The van der Waals surface area contributed by atoms with E-state index < -0.39 is 0 Å². The van der Waals surface area contributed by atoms with Crippen molar-refractivity contribution in [2.24, 2.45) is 5.41 Å². The molecule has 0 aliphatic carbocycles. The van der Waals surface area contributed by atoms with Gasteiger partial charge in [-0.05, 0) is 57.2 Å². The first-order chi connectivity index (χ1) is 9.72. The summed E-state index contributed by atoms with van der Waals surface area (Å²) >= 11 is 0. The first-order valence-corrected chi connectivity index (χ1v) is 8.28. The molecule has 1 saturated heterocycles. The van der Waals surface area contributed by atoms with Gasteiger partial charge in [0, 0.05) is 30.7 Å². The van der Waals surface area contributed by atoms with Crippen molar-refractivity contribution in [3.63, 3.8) is 0 Å². The highest BCUT2D eigenvalue weighted by atomic mass is 15.1. The summed E-state index contributed by atoms with van der Waals surface area (Å²) in [5.41, 5.74) is 4.94. The topological polar surface area (TPSA) is 15.3 Å². The van der Waals surface area contributed by atoms with Gasteiger partial charge in [0.1, 0.15) is 0 Å². The fraction of sp³-hybridized carbons (Fsp3) is 0.667. The zero-order valence-corrected chi connectivity index (χ0v) is 13.0. The van der Waals surface area contributed by atoms with E-state index in [1.165, 1.54) is 69.5 Å². The summed E-state index contributed by atoms with van der Waals surface area (Å²) in [4.78, 5) is 2.66. The Morgan fingerprint density at radius 1 is 1.30 bits per heavy atom. The summed E-state index contributed by atoms with van der Waals surface area (Å²) < 4.78 is 0. The van der Waals surface area contributed by atoms with E-state index in [0.29, 0.717) is 5.41 Å². The van der Waals surface area contributed by atoms with Gasteiger partial charge in [-0.2, -0.15) is 0 Å². The summed E-state index contributed by atoms with van der Waals surface area (Å²) in [5.74, 6) is 0. The number of fused-ring (bicyclic) bond motifs is 1. The number of hydrogen-bond acceptors (Lipinski definition) is 2. The predicted molar refractivity (Wildman–Crippen MR) is 86.5 cm³/mol. The second kappa shape index (κ2) is 5.77. The second-order valence-electron chi connectivity index (χ2n) is 6.79. The van der Waals surface area contributed by atoms with Crippen molar-refractivity contribution in [2.45, 2.75) is 46.0 Å². The maximum absolute atomic E-state index is 3.62. The monoisotopic (exact) mass is 272 g/mol. The lowest BCUT2D eigenvalue weighted by atomic mass is 9.77. The molecule has 2 aliphatic heterocycles. The molecule has 3 rings (SSSR count).